The van der Waals surface area contributed by atoms with Crippen molar-refractivity contribution >= 4 is 11.9 Å². The van der Waals surface area contributed by atoms with Crippen LogP contribution in [0.15, 0.2) is 6.20 Å². The second kappa shape index (κ2) is 10.5. The molecule has 0 aliphatic carbocycles. The van der Waals surface area contributed by atoms with E-state index in [-0.39, 0.29) is 18.2 Å². The number of carboxylic acid groups (broad SMARTS) is 1. The van der Waals surface area contributed by atoms with E-state index in [1.807, 2.05) is 13.8 Å². The first-order chi connectivity index (χ1) is 13.5. The molecule has 1 unspecified atom stereocenters. The molecule has 9 nitrogen and oxygen atoms in total. The van der Waals surface area contributed by atoms with Gasteiger partial charge in [-0.25, -0.2) is 0 Å². The predicted octanol–water partition coefficient (Wildman–Crippen LogP) is 1.72. The van der Waals surface area contributed by atoms with E-state index in [0.29, 0.717) is 44.7 Å². The molecule has 1 aliphatic rings. The molecule has 0 bridgehead atoms. The van der Waals surface area contributed by atoms with Crippen LogP contribution in [0.25, 0.3) is 0 Å². The lowest BCUT2D eigenvalue weighted by molar-refractivity contribution is -0.139. The number of aromatic nitrogens is 3. The average molecular weight is 396 g/mol. The summed E-state index contributed by atoms with van der Waals surface area (Å²) >= 11 is 0. The van der Waals surface area contributed by atoms with Crippen LogP contribution in [0, 0.1) is 5.92 Å². The van der Waals surface area contributed by atoms with E-state index < -0.39 is 17.6 Å². The topological polar surface area (TPSA) is 116 Å². The quantitative estimate of drug-likeness (QED) is 0.585. The number of hydrogen-bond acceptors (Lipinski definition) is 6. The van der Waals surface area contributed by atoms with E-state index >= 15 is 0 Å². The lowest BCUT2D eigenvalue weighted by Gasteiger charge is -2.35. The molecule has 1 aromatic rings. The molecule has 1 aliphatic heterocycles. The third-order valence-corrected chi connectivity index (χ3v) is 5.58. The van der Waals surface area contributed by atoms with Gasteiger partial charge in [-0.3, -0.25) is 14.3 Å². The van der Waals surface area contributed by atoms with E-state index in [2.05, 4.69) is 15.6 Å². The smallest absolute Gasteiger partial charge is 0.303 e. The molecule has 0 spiro atoms. The number of hydrogen-bond donors (Lipinski definition) is 2. The van der Waals surface area contributed by atoms with Crippen LogP contribution in [0.1, 0.15) is 58.1 Å². The maximum Gasteiger partial charge on any atom is 0.303 e. The van der Waals surface area contributed by atoms with Crippen LogP contribution in [0.4, 0.5) is 0 Å². The Balaban J connectivity index is 2.10. The number of nitrogens with zero attached hydrogens (tertiary/aromatic N) is 3. The van der Waals surface area contributed by atoms with Crippen LogP contribution < -0.4 is 5.32 Å². The van der Waals surface area contributed by atoms with Crippen LogP contribution in [-0.4, -0.2) is 58.4 Å². The molecule has 1 atom stereocenters. The SMILES string of the molecule is CCC(CC)(NC(=O)C(OC)C1CCOCC1)c1cn(CCCC(=O)O)nn1. The molecule has 1 amide bonds. The summed E-state index contributed by atoms with van der Waals surface area (Å²) < 4.78 is 12.6. The highest BCUT2D eigenvalue weighted by Crippen LogP contribution is 2.29. The van der Waals surface area contributed by atoms with Crippen molar-refractivity contribution in [3.05, 3.63) is 11.9 Å². The summed E-state index contributed by atoms with van der Waals surface area (Å²) in [5.41, 5.74) is 0.0485. The first-order valence-corrected chi connectivity index (χ1v) is 10.0. The lowest BCUT2D eigenvalue weighted by atomic mass is 9.87. The van der Waals surface area contributed by atoms with E-state index in [9.17, 15) is 9.59 Å². The minimum atomic E-state index is -0.831. The average Bonchev–Trinajstić information content (AvgIpc) is 3.16. The first-order valence-electron chi connectivity index (χ1n) is 10.0. The number of aliphatic carboxylic acids is 1. The number of aryl methyl sites for hydroxylation is 1. The zero-order valence-electron chi connectivity index (χ0n) is 17.0. The summed E-state index contributed by atoms with van der Waals surface area (Å²) in [6.07, 6.45) is 4.76. The maximum atomic E-state index is 13.0. The number of carboxylic acids is 1. The summed E-state index contributed by atoms with van der Waals surface area (Å²) in [5, 5.41) is 20.3. The molecule has 1 fully saturated rings. The van der Waals surface area contributed by atoms with Crippen molar-refractivity contribution in [1.82, 2.24) is 20.3 Å². The Kier molecular flexibility index (Phi) is 8.37. The van der Waals surface area contributed by atoms with Gasteiger partial charge in [0.05, 0.1) is 11.7 Å². The van der Waals surface area contributed by atoms with Crippen LogP contribution >= 0.6 is 0 Å². The highest BCUT2D eigenvalue weighted by atomic mass is 16.5. The predicted molar refractivity (Wildman–Crippen MR) is 102 cm³/mol. The van der Waals surface area contributed by atoms with Gasteiger partial charge in [0.25, 0.3) is 0 Å². The molecular formula is C19H32N4O5. The van der Waals surface area contributed by atoms with Gasteiger partial charge in [0.2, 0.25) is 5.91 Å². The number of ether oxygens (including phenoxy) is 2. The first kappa shape index (κ1) is 22.3. The summed E-state index contributed by atoms with van der Waals surface area (Å²) in [4.78, 5) is 23.7. The summed E-state index contributed by atoms with van der Waals surface area (Å²) in [5.74, 6) is -0.835. The van der Waals surface area contributed by atoms with Crippen molar-refractivity contribution in [3.63, 3.8) is 0 Å². The highest BCUT2D eigenvalue weighted by molar-refractivity contribution is 5.82. The Bertz CT molecular complexity index is 638. The number of nitrogens with one attached hydrogen (secondary N) is 1. The van der Waals surface area contributed by atoms with Gasteiger partial charge >= 0.3 is 5.97 Å². The Morgan fingerprint density at radius 1 is 1.39 bits per heavy atom. The van der Waals surface area contributed by atoms with Crippen LogP contribution in [-0.2, 0) is 31.1 Å². The molecule has 28 heavy (non-hydrogen) atoms. The minimum absolute atomic E-state index is 0.0826. The van der Waals surface area contributed by atoms with Gasteiger partial charge in [-0.2, -0.15) is 0 Å². The number of methoxy groups -OCH3 is 1. The van der Waals surface area contributed by atoms with Gasteiger partial charge in [0.15, 0.2) is 0 Å². The van der Waals surface area contributed by atoms with Gasteiger partial charge < -0.3 is 19.9 Å². The van der Waals surface area contributed by atoms with E-state index in [4.69, 9.17) is 14.6 Å². The summed E-state index contributed by atoms with van der Waals surface area (Å²) in [7, 11) is 1.57. The molecule has 0 radical (unpaired) electrons. The van der Waals surface area contributed by atoms with Crippen LogP contribution in [0.2, 0.25) is 0 Å². The molecule has 2 rings (SSSR count). The summed E-state index contributed by atoms with van der Waals surface area (Å²) in [6, 6.07) is 0. The van der Waals surface area contributed by atoms with Gasteiger partial charge in [-0.15, -0.1) is 5.10 Å². The Hall–Kier alpha value is -2.00. The minimum Gasteiger partial charge on any atom is -0.481 e. The number of carbonyl (C=O) groups is 2. The van der Waals surface area contributed by atoms with Gasteiger partial charge in [-0.1, -0.05) is 19.1 Å². The van der Waals surface area contributed by atoms with Crippen molar-refractivity contribution in [2.24, 2.45) is 5.92 Å². The molecular weight excluding hydrogens is 364 g/mol. The molecule has 2 N–H and O–H groups in total. The fourth-order valence-corrected chi connectivity index (χ4v) is 3.71. The monoisotopic (exact) mass is 396 g/mol. The Morgan fingerprint density at radius 3 is 2.64 bits per heavy atom. The van der Waals surface area contributed by atoms with Gasteiger partial charge in [-0.05, 0) is 38.0 Å². The Morgan fingerprint density at radius 2 is 2.07 bits per heavy atom. The standard InChI is InChI=1S/C19H32N4O5/c1-4-19(5-2,15-13-23(22-21-15)10-6-7-16(24)25)20-18(26)17(27-3)14-8-11-28-12-9-14/h13-14,17H,4-12H2,1-3H3,(H,20,26)(H,24,25). The molecule has 9 heteroatoms. The third kappa shape index (κ3) is 5.51. The Labute approximate surface area is 165 Å². The van der Waals surface area contributed by atoms with Gasteiger partial charge in [0.1, 0.15) is 11.8 Å². The zero-order chi connectivity index (χ0) is 20.6. The van der Waals surface area contributed by atoms with Crippen LogP contribution in [0.5, 0.6) is 0 Å². The lowest BCUT2D eigenvalue weighted by Crippen LogP contribution is -2.52. The number of rotatable bonds is 11. The van der Waals surface area contributed by atoms with E-state index in [0.717, 1.165) is 12.8 Å². The van der Waals surface area contributed by atoms with Crippen molar-refractivity contribution in [2.75, 3.05) is 20.3 Å². The van der Waals surface area contributed by atoms with Gasteiger partial charge in [0, 0.05) is 33.3 Å². The van der Waals surface area contributed by atoms with Crippen LogP contribution in [0.3, 0.4) is 0 Å². The molecule has 0 saturated carbocycles. The van der Waals surface area contributed by atoms with Crippen molar-refractivity contribution in [3.8, 4) is 0 Å². The van der Waals surface area contributed by atoms with Crippen molar-refractivity contribution < 1.29 is 24.2 Å². The second-order valence-corrected chi connectivity index (χ2v) is 7.25. The molecule has 158 valence electrons. The number of carbonyl (C=O) groups excluding carboxylic acids is 1. The molecule has 1 aromatic heterocycles. The maximum absolute atomic E-state index is 13.0. The second-order valence-electron chi connectivity index (χ2n) is 7.25. The number of amides is 1. The highest BCUT2D eigenvalue weighted by Gasteiger charge is 2.38. The van der Waals surface area contributed by atoms with Crippen molar-refractivity contribution in [1.29, 1.82) is 0 Å². The van der Waals surface area contributed by atoms with E-state index in [1.54, 1.807) is 18.0 Å². The fourth-order valence-electron chi connectivity index (χ4n) is 3.71. The fraction of sp³-hybridized carbons (Fsp3) is 0.789. The van der Waals surface area contributed by atoms with E-state index in [1.165, 1.54) is 0 Å². The third-order valence-electron chi connectivity index (χ3n) is 5.58. The zero-order valence-corrected chi connectivity index (χ0v) is 17.0. The van der Waals surface area contributed by atoms with Crippen molar-refractivity contribution in [2.45, 2.75) is 70.6 Å². The molecule has 0 aromatic carbocycles. The summed E-state index contributed by atoms with van der Waals surface area (Å²) in [6.45, 7) is 5.77. The molecule has 1 saturated heterocycles. The normalized spacial score (nSPS) is 16.7. The molecule has 2 heterocycles. The largest absolute Gasteiger partial charge is 0.481 e.